The lowest BCUT2D eigenvalue weighted by Crippen LogP contribution is -2.34. The van der Waals surface area contributed by atoms with Crippen LogP contribution in [0.5, 0.6) is 17.2 Å². The zero-order valence-corrected chi connectivity index (χ0v) is 15.5. The Balaban J connectivity index is 1.67. The second-order valence-corrected chi connectivity index (χ2v) is 6.50. The maximum atomic E-state index is 12.4. The molecule has 1 aliphatic carbocycles. The SMILES string of the molecule is COc1cc(C)cc(OC)c1OCC(=O)N[C@H]1CCCc2ccccc21. The highest BCUT2D eigenvalue weighted by Crippen LogP contribution is 2.38. The highest BCUT2D eigenvalue weighted by molar-refractivity contribution is 5.78. The van der Waals surface area contributed by atoms with Crippen molar-refractivity contribution in [2.24, 2.45) is 0 Å². The normalized spacial score (nSPS) is 15.7. The molecule has 0 bridgehead atoms. The number of benzene rings is 2. The van der Waals surface area contributed by atoms with Gasteiger partial charge in [0.2, 0.25) is 5.75 Å². The van der Waals surface area contributed by atoms with Crippen molar-refractivity contribution in [3.63, 3.8) is 0 Å². The predicted molar refractivity (Wildman–Crippen MR) is 100 cm³/mol. The van der Waals surface area contributed by atoms with Crippen LogP contribution >= 0.6 is 0 Å². The summed E-state index contributed by atoms with van der Waals surface area (Å²) in [5.74, 6) is 1.39. The fourth-order valence-electron chi connectivity index (χ4n) is 3.43. The number of carbonyl (C=O) groups excluding carboxylic acids is 1. The number of methoxy groups -OCH3 is 2. The molecule has 0 aromatic heterocycles. The molecular formula is C21H25NO4. The van der Waals surface area contributed by atoms with Crippen LogP contribution in [0.3, 0.4) is 0 Å². The van der Waals surface area contributed by atoms with Gasteiger partial charge in [-0.05, 0) is 55.0 Å². The number of fused-ring (bicyclic) bond motifs is 1. The molecule has 1 aliphatic rings. The summed E-state index contributed by atoms with van der Waals surface area (Å²) in [5.41, 5.74) is 3.51. The second kappa shape index (κ2) is 8.13. The Hall–Kier alpha value is -2.69. The molecule has 5 nitrogen and oxygen atoms in total. The van der Waals surface area contributed by atoms with Crippen LogP contribution in [0.25, 0.3) is 0 Å². The van der Waals surface area contributed by atoms with E-state index >= 15 is 0 Å². The van der Waals surface area contributed by atoms with Gasteiger partial charge in [0.1, 0.15) is 0 Å². The van der Waals surface area contributed by atoms with Gasteiger partial charge in [0.05, 0.1) is 20.3 Å². The maximum absolute atomic E-state index is 12.4. The topological polar surface area (TPSA) is 56.8 Å². The summed E-state index contributed by atoms with van der Waals surface area (Å²) < 4.78 is 16.5. The lowest BCUT2D eigenvalue weighted by Gasteiger charge is -2.26. The van der Waals surface area contributed by atoms with E-state index in [9.17, 15) is 4.79 Å². The van der Waals surface area contributed by atoms with Gasteiger partial charge in [0, 0.05) is 0 Å². The van der Waals surface area contributed by atoms with E-state index < -0.39 is 0 Å². The van der Waals surface area contributed by atoms with Gasteiger partial charge >= 0.3 is 0 Å². The number of aryl methyl sites for hydroxylation is 2. The third-order valence-corrected chi connectivity index (χ3v) is 4.66. The Morgan fingerprint density at radius 1 is 1.15 bits per heavy atom. The molecule has 26 heavy (non-hydrogen) atoms. The van der Waals surface area contributed by atoms with Gasteiger partial charge in [-0.2, -0.15) is 0 Å². The number of ether oxygens (including phenoxy) is 3. The van der Waals surface area contributed by atoms with E-state index in [2.05, 4.69) is 17.4 Å². The quantitative estimate of drug-likeness (QED) is 0.860. The molecule has 0 radical (unpaired) electrons. The predicted octanol–water partition coefficient (Wildman–Crippen LogP) is 3.58. The first kappa shape index (κ1) is 18.1. The smallest absolute Gasteiger partial charge is 0.258 e. The van der Waals surface area contributed by atoms with Gasteiger partial charge < -0.3 is 19.5 Å². The Morgan fingerprint density at radius 3 is 2.54 bits per heavy atom. The molecule has 0 heterocycles. The van der Waals surface area contributed by atoms with Gasteiger partial charge in [-0.1, -0.05) is 24.3 Å². The van der Waals surface area contributed by atoms with Crippen molar-refractivity contribution in [3.8, 4) is 17.2 Å². The average Bonchev–Trinajstić information content (AvgIpc) is 2.66. The van der Waals surface area contributed by atoms with Crippen LogP contribution < -0.4 is 19.5 Å². The molecule has 138 valence electrons. The molecule has 5 heteroatoms. The molecule has 2 aromatic rings. The maximum Gasteiger partial charge on any atom is 0.258 e. The van der Waals surface area contributed by atoms with Crippen molar-refractivity contribution in [2.45, 2.75) is 32.2 Å². The third kappa shape index (κ3) is 3.93. The van der Waals surface area contributed by atoms with Crippen molar-refractivity contribution in [1.29, 1.82) is 0 Å². The molecule has 3 rings (SSSR count). The van der Waals surface area contributed by atoms with Gasteiger partial charge in [0.15, 0.2) is 18.1 Å². The van der Waals surface area contributed by atoms with Crippen molar-refractivity contribution in [2.75, 3.05) is 20.8 Å². The van der Waals surface area contributed by atoms with Gasteiger partial charge in [-0.3, -0.25) is 4.79 Å². The summed E-state index contributed by atoms with van der Waals surface area (Å²) in [7, 11) is 3.14. The molecule has 2 aromatic carbocycles. The lowest BCUT2D eigenvalue weighted by atomic mass is 9.88. The number of amides is 1. The van der Waals surface area contributed by atoms with E-state index in [-0.39, 0.29) is 18.6 Å². The summed E-state index contributed by atoms with van der Waals surface area (Å²) in [6.45, 7) is 1.86. The summed E-state index contributed by atoms with van der Waals surface area (Å²) in [6.07, 6.45) is 3.08. The summed E-state index contributed by atoms with van der Waals surface area (Å²) >= 11 is 0. The third-order valence-electron chi connectivity index (χ3n) is 4.66. The molecule has 1 atom stereocenters. The summed E-state index contributed by atoms with van der Waals surface area (Å²) in [4.78, 5) is 12.4. The van der Waals surface area contributed by atoms with Crippen LogP contribution in [0.15, 0.2) is 36.4 Å². The summed E-state index contributed by atoms with van der Waals surface area (Å²) in [6, 6.07) is 12.0. The van der Waals surface area contributed by atoms with E-state index in [1.54, 1.807) is 14.2 Å². The fraction of sp³-hybridized carbons (Fsp3) is 0.381. The van der Waals surface area contributed by atoms with Crippen molar-refractivity contribution < 1.29 is 19.0 Å². The van der Waals surface area contributed by atoms with Gasteiger partial charge in [-0.15, -0.1) is 0 Å². The zero-order chi connectivity index (χ0) is 18.5. The Kier molecular flexibility index (Phi) is 5.66. The van der Waals surface area contributed by atoms with Crippen LogP contribution in [0.1, 0.15) is 35.6 Å². The van der Waals surface area contributed by atoms with E-state index in [1.807, 2.05) is 31.2 Å². The minimum Gasteiger partial charge on any atom is -0.493 e. The Labute approximate surface area is 154 Å². The average molecular weight is 355 g/mol. The Morgan fingerprint density at radius 2 is 1.85 bits per heavy atom. The summed E-state index contributed by atoms with van der Waals surface area (Å²) in [5, 5.41) is 3.09. The fourth-order valence-corrected chi connectivity index (χ4v) is 3.43. The number of rotatable bonds is 6. The molecule has 0 fully saturated rings. The van der Waals surface area contributed by atoms with Crippen LogP contribution in [-0.2, 0) is 11.2 Å². The lowest BCUT2D eigenvalue weighted by molar-refractivity contribution is -0.124. The van der Waals surface area contributed by atoms with Gasteiger partial charge in [0.25, 0.3) is 5.91 Å². The first-order chi connectivity index (χ1) is 12.6. The number of nitrogens with one attached hydrogen (secondary N) is 1. The minimum atomic E-state index is -0.156. The molecule has 0 spiro atoms. The number of carbonyl (C=O) groups is 1. The number of hydrogen-bond acceptors (Lipinski definition) is 4. The molecule has 1 amide bonds. The van der Waals surface area contributed by atoms with E-state index in [0.29, 0.717) is 17.2 Å². The van der Waals surface area contributed by atoms with Crippen LogP contribution in [0.2, 0.25) is 0 Å². The van der Waals surface area contributed by atoms with E-state index in [0.717, 1.165) is 24.8 Å². The first-order valence-electron chi connectivity index (χ1n) is 8.85. The van der Waals surface area contributed by atoms with Gasteiger partial charge in [-0.25, -0.2) is 0 Å². The minimum absolute atomic E-state index is 0.0397. The monoisotopic (exact) mass is 355 g/mol. The molecule has 0 saturated heterocycles. The first-order valence-corrected chi connectivity index (χ1v) is 8.85. The van der Waals surface area contributed by atoms with Crippen molar-refractivity contribution in [3.05, 3.63) is 53.1 Å². The Bertz CT molecular complexity index is 762. The number of hydrogen-bond donors (Lipinski definition) is 1. The van der Waals surface area contributed by atoms with E-state index in [4.69, 9.17) is 14.2 Å². The highest BCUT2D eigenvalue weighted by Gasteiger charge is 2.22. The standard InChI is InChI=1S/C21H25NO4/c1-14-11-18(24-2)21(19(12-14)25-3)26-13-20(23)22-17-10-6-8-15-7-4-5-9-16(15)17/h4-5,7,9,11-12,17H,6,8,10,13H2,1-3H3,(H,22,23)/t17-/m0/s1. The molecule has 0 aliphatic heterocycles. The second-order valence-electron chi connectivity index (χ2n) is 6.50. The largest absolute Gasteiger partial charge is 0.493 e. The zero-order valence-electron chi connectivity index (χ0n) is 15.5. The molecule has 0 unspecified atom stereocenters. The van der Waals surface area contributed by atoms with Crippen LogP contribution in [0.4, 0.5) is 0 Å². The molecule has 0 saturated carbocycles. The van der Waals surface area contributed by atoms with Crippen LogP contribution in [-0.4, -0.2) is 26.7 Å². The molecular weight excluding hydrogens is 330 g/mol. The highest BCUT2D eigenvalue weighted by atomic mass is 16.5. The molecule has 1 N–H and O–H groups in total. The van der Waals surface area contributed by atoms with Crippen molar-refractivity contribution in [1.82, 2.24) is 5.32 Å². The van der Waals surface area contributed by atoms with Crippen molar-refractivity contribution >= 4 is 5.91 Å². The van der Waals surface area contributed by atoms with E-state index in [1.165, 1.54) is 11.1 Å². The van der Waals surface area contributed by atoms with Crippen LogP contribution in [0, 0.1) is 6.92 Å².